The molecular formula is C22H17ClN6O2S2. The molecule has 0 amide bonds. The topological polar surface area (TPSA) is 87.2 Å². The predicted octanol–water partition coefficient (Wildman–Crippen LogP) is 4.66. The lowest BCUT2D eigenvalue weighted by Crippen LogP contribution is -2.15. The van der Waals surface area contributed by atoms with Crippen LogP contribution < -0.4 is 10.3 Å². The number of benzene rings is 2. The average molecular weight is 497 g/mol. The summed E-state index contributed by atoms with van der Waals surface area (Å²) in [7, 11) is 1.62. The number of hydrogen-bond donors (Lipinski definition) is 0. The maximum absolute atomic E-state index is 12.4. The largest absolute Gasteiger partial charge is 0.496 e. The summed E-state index contributed by atoms with van der Waals surface area (Å²) in [5, 5.41) is 15.2. The second kappa shape index (κ2) is 8.97. The van der Waals surface area contributed by atoms with Crippen LogP contribution in [0, 0.1) is 6.92 Å². The molecule has 33 heavy (non-hydrogen) atoms. The molecule has 0 unspecified atom stereocenters. The van der Waals surface area contributed by atoms with Gasteiger partial charge in [-0.2, -0.15) is 9.61 Å². The van der Waals surface area contributed by atoms with E-state index in [1.54, 1.807) is 7.11 Å². The van der Waals surface area contributed by atoms with Crippen molar-refractivity contribution in [3.63, 3.8) is 0 Å². The van der Waals surface area contributed by atoms with Crippen LogP contribution in [0.1, 0.15) is 10.7 Å². The van der Waals surface area contributed by atoms with Gasteiger partial charge in [-0.1, -0.05) is 46.8 Å². The molecule has 11 heteroatoms. The van der Waals surface area contributed by atoms with Crippen LogP contribution in [0.15, 0.2) is 64.5 Å². The van der Waals surface area contributed by atoms with Crippen molar-refractivity contribution in [2.45, 2.75) is 17.8 Å². The zero-order chi connectivity index (χ0) is 22.9. The lowest BCUT2D eigenvalue weighted by Gasteiger charge is -2.12. The minimum absolute atomic E-state index is 0.200. The highest BCUT2D eigenvalue weighted by Crippen LogP contribution is 2.34. The molecule has 0 spiro atoms. The van der Waals surface area contributed by atoms with Crippen LogP contribution in [-0.2, 0) is 5.75 Å². The van der Waals surface area contributed by atoms with Gasteiger partial charge in [0.1, 0.15) is 10.8 Å². The van der Waals surface area contributed by atoms with E-state index in [0.717, 1.165) is 16.3 Å². The van der Waals surface area contributed by atoms with E-state index in [4.69, 9.17) is 16.3 Å². The molecule has 0 N–H and O–H groups in total. The van der Waals surface area contributed by atoms with Crippen LogP contribution in [0.5, 0.6) is 5.75 Å². The molecule has 0 aliphatic rings. The van der Waals surface area contributed by atoms with Crippen LogP contribution in [-0.4, -0.2) is 36.5 Å². The third kappa shape index (κ3) is 4.24. The van der Waals surface area contributed by atoms with E-state index in [1.165, 1.54) is 33.7 Å². The van der Waals surface area contributed by atoms with E-state index in [1.807, 2.05) is 60.0 Å². The van der Waals surface area contributed by atoms with E-state index in [2.05, 4.69) is 20.3 Å². The second-order valence-corrected chi connectivity index (χ2v) is 9.55. The van der Waals surface area contributed by atoms with Gasteiger partial charge in [0.2, 0.25) is 4.96 Å². The number of aromatic nitrogens is 6. The predicted molar refractivity (Wildman–Crippen MR) is 130 cm³/mol. The Morgan fingerprint density at radius 2 is 1.91 bits per heavy atom. The van der Waals surface area contributed by atoms with Crippen LogP contribution in [0.3, 0.4) is 0 Å². The van der Waals surface area contributed by atoms with Gasteiger partial charge in [-0.05, 0) is 43.3 Å². The van der Waals surface area contributed by atoms with E-state index in [0.29, 0.717) is 38.2 Å². The van der Waals surface area contributed by atoms with E-state index < -0.39 is 0 Å². The molecule has 0 saturated heterocycles. The van der Waals surface area contributed by atoms with Gasteiger partial charge in [-0.25, -0.2) is 4.98 Å². The Balaban J connectivity index is 1.55. The van der Waals surface area contributed by atoms with Crippen molar-refractivity contribution in [2.75, 3.05) is 7.11 Å². The summed E-state index contributed by atoms with van der Waals surface area (Å²) in [4.78, 5) is 17.6. The molecule has 0 bridgehead atoms. The maximum atomic E-state index is 12.4. The Morgan fingerprint density at radius 1 is 1.12 bits per heavy atom. The first-order valence-electron chi connectivity index (χ1n) is 9.87. The first kappa shape index (κ1) is 21.6. The Morgan fingerprint density at radius 3 is 2.70 bits per heavy atom. The Hall–Kier alpha value is -3.21. The van der Waals surface area contributed by atoms with Gasteiger partial charge < -0.3 is 4.74 Å². The van der Waals surface area contributed by atoms with E-state index in [9.17, 15) is 4.79 Å². The number of ether oxygens (including phenoxy) is 1. The summed E-state index contributed by atoms with van der Waals surface area (Å²) in [5.74, 6) is 1.77. The van der Waals surface area contributed by atoms with Gasteiger partial charge in [0, 0.05) is 22.5 Å². The summed E-state index contributed by atoms with van der Waals surface area (Å²) < 4.78 is 8.81. The highest BCUT2D eigenvalue weighted by Gasteiger charge is 2.19. The highest BCUT2D eigenvalue weighted by molar-refractivity contribution is 7.98. The third-order valence-electron chi connectivity index (χ3n) is 4.81. The second-order valence-electron chi connectivity index (χ2n) is 7.01. The molecule has 5 aromatic rings. The zero-order valence-electron chi connectivity index (χ0n) is 17.6. The zero-order valence-corrected chi connectivity index (χ0v) is 20.0. The minimum Gasteiger partial charge on any atom is -0.496 e. The van der Waals surface area contributed by atoms with E-state index in [-0.39, 0.29) is 5.56 Å². The molecule has 0 aliphatic carbocycles. The Labute approximate surface area is 201 Å². The van der Waals surface area contributed by atoms with Crippen molar-refractivity contribution in [1.82, 2.24) is 29.4 Å². The third-order valence-corrected chi connectivity index (χ3v) is 6.85. The molecule has 0 atom stereocenters. The highest BCUT2D eigenvalue weighted by atomic mass is 35.5. The number of thioether (sulfide) groups is 1. The van der Waals surface area contributed by atoms with Gasteiger partial charge in [-0.15, -0.1) is 10.2 Å². The fourth-order valence-corrected chi connectivity index (χ4v) is 5.09. The number of hydrogen-bond acceptors (Lipinski definition) is 8. The van der Waals surface area contributed by atoms with Crippen molar-refractivity contribution in [2.24, 2.45) is 0 Å². The lowest BCUT2D eigenvalue weighted by atomic mass is 10.2. The number of rotatable bonds is 6. The van der Waals surface area contributed by atoms with Crippen LogP contribution >= 0.6 is 34.7 Å². The van der Waals surface area contributed by atoms with Gasteiger partial charge in [-0.3, -0.25) is 9.36 Å². The number of nitrogens with zero attached hydrogens (tertiary/aromatic N) is 6. The number of methoxy groups -OCH3 is 1. The van der Waals surface area contributed by atoms with Crippen LogP contribution in [0.2, 0.25) is 5.02 Å². The van der Waals surface area contributed by atoms with Crippen LogP contribution in [0.4, 0.5) is 0 Å². The van der Waals surface area contributed by atoms with Crippen molar-refractivity contribution < 1.29 is 4.74 Å². The monoisotopic (exact) mass is 496 g/mol. The molecule has 166 valence electrons. The molecule has 0 fully saturated rings. The summed E-state index contributed by atoms with van der Waals surface area (Å²) >= 11 is 8.94. The minimum atomic E-state index is -0.200. The summed E-state index contributed by atoms with van der Waals surface area (Å²) in [6, 6.07) is 16.6. The van der Waals surface area contributed by atoms with Gasteiger partial charge in [0.25, 0.3) is 5.56 Å². The summed E-state index contributed by atoms with van der Waals surface area (Å²) in [5.41, 5.74) is 2.12. The smallest absolute Gasteiger partial charge is 0.275 e. The number of aryl methyl sites for hydroxylation is 1. The van der Waals surface area contributed by atoms with Crippen LogP contribution in [0.25, 0.3) is 22.0 Å². The van der Waals surface area contributed by atoms with Crippen molar-refractivity contribution in [3.05, 3.63) is 80.7 Å². The number of para-hydroxylation sites is 1. The quantitative estimate of drug-likeness (QED) is 0.316. The van der Waals surface area contributed by atoms with Gasteiger partial charge in [0.15, 0.2) is 11.0 Å². The van der Waals surface area contributed by atoms with E-state index >= 15 is 0 Å². The number of halogens is 1. The van der Waals surface area contributed by atoms with Gasteiger partial charge in [0.05, 0.1) is 18.4 Å². The molecular weight excluding hydrogens is 480 g/mol. The molecule has 0 radical (unpaired) electrons. The van der Waals surface area contributed by atoms with Gasteiger partial charge >= 0.3 is 0 Å². The molecule has 5 rings (SSSR count). The molecule has 0 aliphatic heterocycles. The Kier molecular flexibility index (Phi) is 5.88. The van der Waals surface area contributed by atoms with Crippen molar-refractivity contribution in [3.8, 4) is 22.8 Å². The van der Waals surface area contributed by atoms with Crippen molar-refractivity contribution in [1.29, 1.82) is 0 Å². The normalized spacial score (nSPS) is 11.2. The summed E-state index contributed by atoms with van der Waals surface area (Å²) in [6.45, 7) is 1.85. The SMILES string of the molecule is COc1ccccc1-c1nnc(SCc2cc(=O)n3nc(C)sc3n2)n1-c1ccc(Cl)cc1. The summed E-state index contributed by atoms with van der Waals surface area (Å²) in [6.07, 6.45) is 0. The standard InChI is InChI=1S/C22H17ClN6O2S2/c1-13-27-29-19(30)11-15(24-21(29)33-13)12-32-22-26-25-20(17-5-3-4-6-18(17)31-2)28(22)16-9-7-14(23)8-10-16/h3-11H,12H2,1-2H3. The Bertz CT molecular complexity index is 1510. The lowest BCUT2D eigenvalue weighted by molar-refractivity contribution is 0.416. The first-order chi connectivity index (χ1) is 16.0. The number of fused-ring (bicyclic) bond motifs is 1. The molecule has 3 aromatic heterocycles. The first-order valence-corrected chi connectivity index (χ1v) is 12.1. The average Bonchev–Trinajstić information content (AvgIpc) is 3.41. The molecule has 2 aromatic carbocycles. The maximum Gasteiger partial charge on any atom is 0.275 e. The van der Waals surface area contributed by atoms with Crippen molar-refractivity contribution >= 4 is 39.7 Å². The molecule has 3 heterocycles. The molecule has 0 saturated carbocycles. The fraction of sp³-hybridized carbons (Fsp3) is 0.136. The fourth-order valence-electron chi connectivity index (χ4n) is 3.35. The molecule has 8 nitrogen and oxygen atoms in total.